The van der Waals surface area contributed by atoms with Crippen molar-refractivity contribution in [2.24, 2.45) is 5.73 Å². The molecule has 0 spiro atoms. The van der Waals surface area contributed by atoms with Crippen LogP contribution in [0, 0.1) is 10.1 Å². The molecule has 1 fully saturated rings. The molecule has 0 amide bonds. The first kappa shape index (κ1) is 14.9. The van der Waals surface area contributed by atoms with Crippen molar-refractivity contribution in [1.82, 2.24) is 4.31 Å². The normalized spacial score (nSPS) is 23.9. The van der Waals surface area contributed by atoms with Crippen LogP contribution < -0.4 is 5.73 Å². The molecule has 2 rings (SSSR count). The molecule has 2 N–H and O–H groups in total. The number of nitro groups is 1. The first-order chi connectivity index (χ1) is 9.31. The number of benzene rings is 1. The molecule has 0 saturated carbocycles. The number of nitrogens with zero attached hydrogens (tertiary/aromatic N) is 2. The standard InChI is InChI=1S/C12H17N3O4S/c1-9-12(13)6-7-14(9)20(18,19)8-10-2-4-11(5-3-10)15(16)17/h2-5,9,12H,6-8,13H2,1H3. The summed E-state index contributed by atoms with van der Waals surface area (Å²) >= 11 is 0. The van der Waals surface area contributed by atoms with E-state index in [1.807, 2.05) is 0 Å². The number of nitrogens with two attached hydrogens (primary N) is 1. The van der Waals surface area contributed by atoms with Gasteiger partial charge in [0, 0.05) is 30.8 Å². The zero-order chi connectivity index (χ0) is 14.9. The van der Waals surface area contributed by atoms with Gasteiger partial charge in [0.2, 0.25) is 10.0 Å². The maximum Gasteiger partial charge on any atom is 0.269 e. The second kappa shape index (κ2) is 5.47. The van der Waals surface area contributed by atoms with Crippen molar-refractivity contribution in [2.75, 3.05) is 6.54 Å². The Hall–Kier alpha value is -1.51. The molecule has 110 valence electrons. The Morgan fingerprint density at radius 1 is 1.40 bits per heavy atom. The largest absolute Gasteiger partial charge is 0.326 e. The predicted molar refractivity (Wildman–Crippen MR) is 74.5 cm³/mol. The van der Waals surface area contributed by atoms with Crippen LogP contribution in [0.3, 0.4) is 0 Å². The van der Waals surface area contributed by atoms with Gasteiger partial charge in [0.25, 0.3) is 5.69 Å². The van der Waals surface area contributed by atoms with Gasteiger partial charge >= 0.3 is 0 Å². The number of non-ortho nitro benzene ring substituents is 1. The van der Waals surface area contributed by atoms with Gasteiger partial charge in [-0.3, -0.25) is 10.1 Å². The van der Waals surface area contributed by atoms with Crippen molar-refractivity contribution in [3.05, 3.63) is 39.9 Å². The summed E-state index contributed by atoms with van der Waals surface area (Å²) in [5, 5.41) is 10.6. The van der Waals surface area contributed by atoms with Gasteiger partial charge < -0.3 is 5.73 Å². The fraction of sp³-hybridized carbons (Fsp3) is 0.500. The van der Waals surface area contributed by atoms with Crippen LogP contribution in [0.1, 0.15) is 18.9 Å². The Balaban J connectivity index is 2.14. The van der Waals surface area contributed by atoms with Gasteiger partial charge in [-0.15, -0.1) is 0 Å². The fourth-order valence-electron chi connectivity index (χ4n) is 2.33. The lowest BCUT2D eigenvalue weighted by atomic mass is 10.2. The Labute approximate surface area is 117 Å². The Morgan fingerprint density at radius 3 is 2.45 bits per heavy atom. The van der Waals surface area contributed by atoms with E-state index in [4.69, 9.17) is 5.73 Å². The molecule has 8 heteroatoms. The third-order valence-electron chi connectivity index (χ3n) is 3.61. The van der Waals surface area contributed by atoms with Gasteiger partial charge in [-0.05, 0) is 18.9 Å². The molecule has 1 aromatic carbocycles. The van der Waals surface area contributed by atoms with Crippen molar-refractivity contribution < 1.29 is 13.3 Å². The highest BCUT2D eigenvalue weighted by atomic mass is 32.2. The minimum atomic E-state index is -3.44. The maximum atomic E-state index is 12.3. The SMILES string of the molecule is CC1C(N)CCN1S(=O)(=O)Cc1ccc([N+](=O)[O-])cc1. The topological polar surface area (TPSA) is 107 Å². The minimum Gasteiger partial charge on any atom is -0.326 e. The van der Waals surface area contributed by atoms with E-state index < -0.39 is 14.9 Å². The number of rotatable bonds is 4. The quantitative estimate of drug-likeness (QED) is 0.655. The second-order valence-electron chi connectivity index (χ2n) is 4.98. The first-order valence-corrected chi connectivity index (χ1v) is 7.90. The fourth-order valence-corrected chi connectivity index (χ4v) is 4.16. The van der Waals surface area contributed by atoms with E-state index in [1.165, 1.54) is 28.6 Å². The van der Waals surface area contributed by atoms with Crippen LogP contribution in [0.4, 0.5) is 5.69 Å². The molecule has 20 heavy (non-hydrogen) atoms. The average molecular weight is 299 g/mol. The molecule has 0 aromatic heterocycles. The maximum absolute atomic E-state index is 12.3. The van der Waals surface area contributed by atoms with E-state index in [2.05, 4.69) is 0 Å². The highest BCUT2D eigenvalue weighted by Gasteiger charge is 2.36. The molecule has 2 unspecified atom stereocenters. The van der Waals surface area contributed by atoms with Gasteiger partial charge in [0.1, 0.15) is 0 Å². The monoisotopic (exact) mass is 299 g/mol. The van der Waals surface area contributed by atoms with Crippen LogP contribution in [0.25, 0.3) is 0 Å². The Kier molecular flexibility index (Phi) is 4.07. The predicted octanol–water partition coefficient (Wildman–Crippen LogP) is 0.846. The molecule has 1 saturated heterocycles. The van der Waals surface area contributed by atoms with Crippen molar-refractivity contribution in [3.63, 3.8) is 0 Å². The second-order valence-corrected chi connectivity index (χ2v) is 6.91. The zero-order valence-electron chi connectivity index (χ0n) is 11.1. The third-order valence-corrected chi connectivity index (χ3v) is 5.54. The lowest BCUT2D eigenvalue weighted by Crippen LogP contribution is -2.40. The smallest absolute Gasteiger partial charge is 0.269 e. The van der Waals surface area contributed by atoms with Crippen molar-refractivity contribution in [1.29, 1.82) is 0 Å². The Bertz CT molecular complexity index is 600. The molecular formula is C12H17N3O4S. The zero-order valence-corrected chi connectivity index (χ0v) is 11.9. The molecule has 2 atom stereocenters. The molecule has 1 aromatic rings. The van der Waals surface area contributed by atoms with Crippen molar-refractivity contribution in [2.45, 2.75) is 31.2 Å². The number of hydrogen-bond acceptors (Lipinski definition) is 5. The van der Waals surface area contributed by atoms with E-state index >= 15 is 0 Å². The molecule has 0 bridgehead atoms. The molecule has 1 aliphatic heterocycles. The molecule has 0 aliphatic carbocycles. The summed E-state index contributed by atoms with van der Waals surface area (Å²) in [6.45, 7) is 2.22. The molecular weight excluding hydrogens is 282 g/mol. The minimum absolute atomic E-state index is 0.0530. The summed E-state index contributed by atoms with van der Waals surface area (Å²) in [6.07, 6.45) is 0.653. The van der Waals surface area contributed by atoms with Crippen LogP contribution >= 0.6 is 0 Å². The number of nitro benzene ring substituents is 1. The van der Waals surface area contributed by atoms with Crippen LogP contribution in [0.2, 0.25) is 0 Å². The summed E-state index contributed by atoms with van der Waals surface area (Å²) in [5.41, 5.74) is 6.31. The lowest BCUT2D eigenvalue weighted by molar-refractivity contribution is -0.384. The highest BCUT2D eigenvalue weighted by molar-refractivity contribution is 7.88. The van der Waals surface area contributed by atoms with Crippen molar-refractivity contribution >= 4 is 15.7 Å². The van der Waals surface area contributed by atoms with Gasteiger partial charge in [-0.2, -0.15) is 4.31 Å². The van der Waals surface area contributed by atoms with Gasteiger partial charge in [0.15, 0.2) is 0 Å². The molecule has 7 nitrogen and oxygen atoms in total. The van der Waals surface area contributed by atoms with Crippen LogP contribution in [-0.4, -0.2) is 36.3 Å². The first-order valence-electron chi connectivity index (χ1n) is 6.29. The van der Waals surface area contributed by atoms with E-state index in [1.54, 1.807) is 6.92 Å². The van der Waals surface area contributed by atoms with E-state index in [0.717, 1.165) is 0 Å². The molecule has 0 radical (unpaired) electrons. The summed E-state index contributed by atoms with van der Waals surface area (Å²) in [6, 6.07) is 5.21. The summed E-state index contributed by atoms with van der Waals surface area (Å²) in [7, 11) is -3.44. The van der Waals surface area contributed by atoms with E-state index in [-0.39, 0.29) is 23.5 Å². The summed E-state index contributed by atoms with van der Waals surface area (Å²) in [4.78, 5) is 10.0. The molecule has 1 aliphatic rings. The van der Waals surface area contributed by atoms with Crippen LogP contribution in [-0.2, 0) is 15.8 Å². The van der Waals surface area contributed by atoms with Gasteiger partial charge in [-0.25, -0.2) is 8.42 Å². The van der Waals surface area contributed by atoms with Crippen LogP contribution in [0.15, 0.2) is 24.3 Å². The lowest BCUT2D eigenvalue weighted by Gasteiger charge is -2.22. The van der Waals surface area contributed by atoms with E-state index in [9.17, 15) is 18.5 Å². The Morgan fingerprint density at radius 2 is 2.00 bits per heavy atom. The molecule has 1 heterocycles. The number of hydrogen-bond donors (Lipinski definition) is 1. The van der Waals surface area contributed by atoms with Crippen molar-refractivity contribution in [3.8, 4) is 0 Å². The van der Waals surface area contributed by atoms with Crippen LogP contribution in [0.5, 0.6) is 0 Å². The van der Waals surface area contributed by atoms with Gasteiger partial charge in [0.05, 0.1) is 10.7 Å². The summed E-state index contributed by atoms with van der Waals surface area (Å²) < 4.78 is 26.0. The third kappa shape index (κ3) is 2.97. The van der Waals surface area contributed by atoms with E-state index in [0.29, 0.717) is 18.5 Å². The average Bonchev–Trinajstić information content (AvgIpc) is 2.71. The highest BCUT2D eigenvalue weighted by Crippen LogP contribution is 2.23. The number of sulfonamides is 1. The van der Waals surface area contributed by atoms with Gasteiger partial charge in [-0.1, -0.05) is 12.1 Å². The summed E-state index contributed by atoms with van der Waals surface area (Å²) in [5.74, 6) is -0.165.